The molecule has 0 radical (unpaired) electrons. The maximum Gasteiger partial charge on any atom is 0.482 e. The maximum atomic E-state index is 14.4. The first-order valence-corrected chi connectivity index (χ1v) is 39.4. The van der Waals surface area contributed by atoms with Gasteiger partial charge < -0.3 is 25.3 Å². The summed E-state index contributed by atoms with van der Waals surface area (Å²) in [4.78, 5) is 0. The van der Waals surface area contributed by atoms with E-state index >= 15 is 0 Å². The van der Waals surface area contributed by atoms with Crippen molar-refractivity contribution < 1.29 is 56.5 Å². The van der Waals surface area contributed by atoms with Crippen LogP contribution in [0.2, 0.25) is 118 Å². The topological polar surface area (TPSA) is 151 Å². The van der Waals surface area contributed by atoms with Gasteiger partial charge >= 0.3 is 31.3 Å². The Morgan fingerprint density at radius 1 is 0.268 bits per heavy atom. The molecule has 41 heavy (non-hydrogen) atoms. The molecule has 0 aliphatic rings. The molecule has 2 unspecified atom stereocenters. The fourth-order valence-corrected chi connectivity index (χ4v) is 26.8. The van der Waals surface area contributed by atoms with Crippen molar-refractivity contribution in [2.24, 2.45) is 0 Å². The van der Waals surface area contributed by atoms with E-state index < -0.39 is 81.2 Å². The molecule has 2 atom stereocenters. The fraction of sp³-hybridized carbons (Fsp3) is 1.00. The summed E-state index contributed by atoms with van der Waals surface area (Å²) in [6.07, 6.45) is 0. The van der Waals surface area contributed by atoms with Gasteiger partial charge in [-0.3, -0.25) is 0 Å². The van der Waals surface area contributed by atoms with E-state index in [9.17, 15) is 18.3 Å². The second-order valence-electron chi connectivity index (χ2n) is 15.3. The van der Waals surface area contributed by atoms with Gasteiger partial charge in [0.1, 0.15) is 0 Å². The lowest BCUT2D eigenvalue weighted by atomic mass is 11.8. The van der Waals surface area contributed by atoms with Gasteiger partial charge in [-0.1, -0.05) is 0 Å². The highest BCUT2D eigenvalue weighted by Gasteiger charge is 2.55. The summed E-state index contributed by atoms with van der Waals surface area (Å²) < 4.78 is 108. The maximum absolute atomic E-state index is 14.4. The molecule has 0 aromatic carbocycles. The molecule has 0 saturated carbocycles. The molecule has 0 bridgehead atoms. The highest BCUT2D eigenvalue weighted by molar-refractivity contribution is 7.72. The quantitative estimate of drug-likeness (QED) is 0.0961. The van der Waals surface area contributed by atoms with E-state index in [4.69, 9.17) is 38.2 Å². The Morgan fingerprint density at radius 2 is 0.390 bits per heavy atom. The van der Waals surface area contributed by atoms with Crippen LogP contribution in [-0.4, -0.2) is 49.9 Å². The lowest BCUT2D eigenvalue weighted by Crippen LogP contribution is -2.32. The van der Waals surface area contributed by atoms with Crippen molar-refractivity contribution in [3.63, 3.8) is 0 Å². The van der Waals surface area contributed by atoms with Gasteiger partial charge in [0.2, 0.25) is 0 Å². The zero-order valence-corrected chi connectivity index (χ0v) is 37.7. The molecule has 0 heterocycles. The van der Waals surface area contributed by atoms with Crippen LogP contribution in [0.15, 0.2) is 0 Å². The third-order valence-electron chi connectivity index (χ3n) is 2.91. The summed E-state index contributed by atoms with van der Waals surface area (Å²) in [5, 5.41) is 0. The Labute approximate surface area is 254 Å². The highest BCUT2D eigenvalue weighted by atomic mass is 31.3. The van der Waals surface area contributed by atoms with Gasteiger partial charge in [-0.05, 0) is 118 Å². The smallest absolute Gasteiger partial charge is 0.330 e. The summed E-state index contributed by atoms with van der Waals surface area (Å²) in [5.74, 6) is 0. The Kier molecular flexibility index (Phi) is 14.6. The van der Waals surface area contributed by atoms with Crippen LogP contribution in [0.4, 0.5) is 0 Å². The molecule has 0 amide bonds. The number of hydrogen-bond acceptors (Lipinski definition) is 13. The standard InChI is InChI=1S/C18H54O13P4Si6/c1-36(2,3)26-32(19,24-34(21,28-38(7,8)9)29-39(10,11)12)23-33(20,27-37(4,5)6)25-35(22,30-40(13,14)15)31-41(16,17)18/h1-18H3. The van der Waals surface area contributed by atoms with Crippen LogP contribution in [0.5, 0.6) is 0 Å². The minimum atomic E-state index is -5.14. The molecule has 0 spiro atoms. The van der Waals surface area contributed by atoms with Gasteiger partial charge in [0, 0.05) is 0 Å². The van der Waals surface area contributed by atoms with Crippen LogP contribution in [0.3, 0.4) is 0 Å². The molecule has 13 nitrogen and oxygen atoms in total. The first-order valence-electron chi connectivity index (χ1n) is 13.1. The van der Waals surface area contributed by atoms with Crippen molar-refractivity contribution in [2.75, 3.05) is 0 Å². The summed E-state index contributed by atoms with van der Waals surface area (Å²) in [5.41, 5.74) is 0. The molecule has 0 aromatic rings. The van der Waals surface area contributed by atoms with Crippen LogP contribution < -0.4 is 0 Å². The lowest BCUT2D eigenvalue weighted by molar-refractivity contribution is 0.204. The van der Waals surface area contributed by atoms with Crippen LogP contribution in [0.25, 0.3) is 0 Å². The van der Waals surface area contributed by atoms with E-state index in [-0.39, 0.29) is 0 Å². The zero-order valence-electron chi connectivity index (χ0n) is 28.1. The first kappa shape index (κ1) is 42.9. The van der Waals surface area contributed by atoms with Crippen molar-refractivity contribution in [1.82, 2.24) is 0 Å². The second kappa shape index (κ2) is 13.9. The van der Waals surface area contributed by atoms with Crippen LogP contribution in [0, 0.1) is 0 Å². The average Bonchev–Trinajstić information content (AvgIpc) is 2.37. The van der Waals surface area contributed by atoms with Crippen LogP contribution in [0.1, 0.15) is 0 Å². The highest BCUT2D eigenvalue weighted by Crippen LogP contribution is 2.78. The van der Waals surface area contributed by atoms with Crippen molar-refractivity contribution in [3.8, 4) is 0 Å². The Morgan fingerprint density at radius 3 is 0.537 bits per heavy atom. The van der Waals surface area contributed by atoms with E-state index in [0.29, 0.717) is 0 Å². The molecule has 248 valence electrons. The van der Waals surface area contributed by atoms with E-state index in [1.807, 2.05) is 0 Å². The third-order valence-corrected chi connectivity index (χ3v) is 26.2. The molecular weight excluding hydrogens is 717 g/mol. The van der Waals surface area contributed by atoms with Gasteiger partial charge in [0.05, 0.1) is 0 Å². The van der Waals surface area contributed by atoms with Crippen LogP contribution in [-0.2, 0) is 56.5 Å². The van der Waals surface area contributed by atoms with E-state index in [2.05, 4.69) is 0 Å². The van der Waals surface area contributed by atoms with E-state index in [1.165, 1.54) is 0 Å². The lowest BCUT2D eigenvalue weighted by Gasteiger charge is -2.36. The second-order valence-corrected chi connectivity index (χ2v) is 50.5. The summed E-state index contributed by atoms with van der Waals surface area (Å²) >= 11 is 0. The van der Waals surface area contributed by atoms with E-state index in [1.54, 1.807) is 118 Å². The SMILES string of the molecule is C[Si](C)(C)OP(=O)(O[Si](C)(C)C)OP(=O)(O[Si](C)(C)C)OP(=O)(O[Si](C)(C)C)OP(=O)(O[Si](C)(C)C)O[Si](C)(C)C. The summed E-state index contributed by atoms with van der Waals surface area (Å²) in [7, 11) is -35.9. The molecule has 0 rings (SSSR count). The molecule has 0 aromatic heterocycles. The molecule has 0 aliphatic heterocycles. The molecular formula is C18H54O13P4Si6. The van der Waals surface area contributed by atoms with Gasteiger partial charge in [-0.15, -0.1) is 0 Å². The fourth-order valence-electron chi connectivity index (χ4n) is 2.58. The average molecular weight is 771 g/mol. The minimum Gasteiger partial charge on any atom is -0.330 e. The Hall–Kier alpha value is 1.86. The van der Waals surface area contributed by atoms with Crippen molar-refractivity contribution >= 4 is 81.2 Å². The molecule has 0 N–H and O–H groups in total. The summed E-state index contributed by atoms with van der Waals surface area (Å²) in [6.45, 7) is 30.8. The van der Waals surface area contributed by atoms with Crippen molar-refractivity contribution in [3.05, 3.63) is 0 Å². The molecule has 0 fully saturated rings. The first-order chi connectivity index (χ1) is 17.4. The van der Waals surface area contributed by atoms with Crippen molar-refractivity contribution in [1.29, 1.82) is 0 Å². The monoisotopic (exact) mass is 770 g/mol. The van der Waals surface area contributed by atoms with Crippen molar-refractivity contribution in [2.45, 2.75) is 118 Å². The van der Waals surface area contributed by atoms with Gasteiger partial charge in [0.25, 0.3) is 0 Å². The summed E-state index contributed by atoms with van der Waals surface area (Å²) in [6, 6.07) is 0. The predicted octanol–water partition coefficient (Wildman–Crippen LogP) is 10.6. The van der Waals surface area contributed by atoms with Gasteiger partial charge in [0.15, 0.2) is 49.9 Å². The van der Waals surface area contributed by atoms with Gasteiger partial charge in [-0.2, -0.15) is 12.9 Å². The third kappa shape index (κ3) is 21.3. The minimum absolute atomic E-state index is 1.66. The van der Waals surface area contributed by atoms with Crippen LogP contribution >= 0.6 is 31.3 Å². The number of hydrogen-bond donors (Lipinski definition) is 0. The molecule has 0 aliphatic carbocycles. The number of phosphoric acid groups is 4. The predicted molar refractivity (Wildman–Crippen MR) is 180 cm³/mol. The normalized spacial score (nSPS) is 18.2. The number of rotatable bonds is 18. The van der Waals surface area contributed by atoms with Gasteiger partial charge in [-0.25, -0.2) is 18.3 Å². The molecule has 23 heteroatoms. The molecule has 0 saturated heterocycles. The Bertz CT molecular complexity index is 958. The zero-order chi connectivity index (χ0) is 33.4. The largest absolute Gasteiger partial charge is 0.482 e. The Balaban J connectivity index is 7.14. The van der Waals surface area contributed by atoms with E-state index in [0.717, 1.165) is 0 Å².